The lowest BCUT2D eigenvalue weighted by Gasteiger charge is -2.36. The Morgan fingerprint density at radius 1 is 1.14 bits per heavy atom. The first-order valence-corrected chi connectivity index (χ1v) is 9.54. The second-order valence-corrected chi connectivity index (χ2v) is 8.30. The fourth-order valence-corrected chi connectivity index (χ4v) is 3.71. The fraction of sp³-hybridized carbons (Fsp3) is 0.625. The summed E-state index contributed by atoms with van der Waals surface area (Å²) in [6.45, 7) is 2.44. The Labute approximate surface area is 128 Å². The highest BCUT2D eigenvalue weighted by Crippen LogP contribution is 2.34. The standard InChI is InChI=1S/C16H26N2O2S/c1-21(19,20)15-7-5-14(6-8-15)11-18-13-16(12-17)9-3-2-4-10-16/h5-8,18H,2-4,9-13,17H2,1H3. The molecule has 1 aromatic rings. The molecule has 21 heavy (non-hydrogen) atoms. The van der Waals surface area contributed by atoms with E-state index < -0.39 is 9.84 Å². The van der Waals surface area contributed by atoms with Crippen LogP contribution in [0.2, 0.25) is 0 Å². The number of rotatable bonds is 6. The van der Waals surface area contributed by atoms with Crippen molar-refractivity contribution in [2.45, 2.75) is 43.5 Å². The molecular formula is C16H26N2O2S. The van der Waals surface area contributed by atoms with Crippen LogP contribution in [0.4, 0.5) is 0 Å². The number of hydrogen-bond donors (Lipinski definition) is 2. The Morgan fingerprint density at radius 3 is 2.29 bits per heavy atom. The average Bonchev–Trinajstić information content (AvgIpc) is 2.48. The maximum atomic E-state index is 11.4. The molecule has 1 fully saturated rings. The first kappa shape index (κ1) is 16.5. The van der Waals surface area contributed by atoms with Crippen molar-refractivity contribution in [3.05, 3.63) is 29.8 Å². The van der Waals surface area contributed by atoms with E-state index in [2.05, 4.69) is 5.32 Å². The van der Waals surface area contributed by atoms with E-state index in [0.29, 0.717) is 4.90 Å². The molecule has 0 aliphatic heterocycles. The molecule has 4 nitrogen and oxygen atoms in total. The summed E-state index contributed by atoms with van der Waals surface area (Å²) in [7, 11) is -3.11. The van der Waals surface area contributed by atoms with Crippen LogP contribution in [-0.4, -0.2) is 27.8 Å². The normalized spacial score (nSPS) is 18.6. The van der Waals surface area contributed by atoms with Gasteiger partial charge in [-0.05, 0) is 42.5 Å². The molecule has 0 radical (unpaired) electrons. The monoisotopic (exact) mass is 310 g/mol. The van der Waals surface area contributed by atoms with Crippen molar-refractivity contribution in [2.24, 2.45) is 11.1 Å². The van der Waals surface area contributed by atoms with Crippen LogP contribution in [0.25, 0.3) is 0 Å². The lowest BCUT2D eigenvalue weighted by Crippen LogP contribution is -2.41. The van der Waals surface area contributed by atoms with Crippen LogP contribution in [-0.2, 0) is 16.4 Å². The zero-order valence-corrected chi connectivity index (χ0v) is 13.6. The van der Waals surface area contributed by atoms with Gasteiger partial charge in [0.05, 0.1) is 4.90 Å². The number of nitrogens with one attached hydrogen (secondary N) is 1. The van der Waals surface area contributed by atoms with Crippen LogP contribution in [0.1, 0.15) is 37.7 Å². The summed E-state index contributed by atoms with van der Waals surface area (Å²) < 4.78 is 22.8. The van der Waals surface area contributed by atoms with Gasteiger partial charge < -0.3 is 11.1 Å². The van der Waals surface area contributed by atoms with Crippen molar-refractivity contribution in [1.29, 1.82) is 0 Å². The van der Waals surface area contributed by atoms with Gasteiger partial charge in [0.1, 0.15) is 0 Å². The molecule has 5 heteroatoms. The zero-order chi connectivity index (χ0) is 15.3. The minimum atomic E-state index is -3.11. The molecule has 2 rings (SSSR count). The first-order chi connectivity index (χ1) is 9.95. The molecule has 0 heterocycles. The molecule has 1 aliphatic carbocycles. The van der Waals surface area contributed by atoms with Gasteiger partial charge in [-0.25, -0.2) is 8.42 Å². The van der Waals surface area contributed by atoms with Crippen molar-refractivity contribution < 1.29 is 8.42 Å². The highest BCUT2D eigenvalue weighted by molar-refractivity contribution is 7.90. The van der Waals surface area contributed by atoms with Crippen LogP contribution in [0.5, 0.6) is 0 Å². The Balaban J connectivity index is 1.88. The lowest BCUT2D eigenvalue weighted by molar-refractivity contribution is 0.191. The average molecular weight is 310 g/mol. The van der Waals surface area contributed by atoms with Gasteiger partial charge in [-0.15, -0.1) is 0 Å². The summed E-state index contributed by atoms with van der Waals surface area (Å²) in [6.07, 6.45) is 7.54. The van der Waals surface area contributed by atoms with E-state index in [0.717, 1.165) is 25.2 Å². The van der Waals surface area contributed by atoms with E-state index >= 15 is 0 Å². The van der Waals surface area contributed by atoms with E-state index in [1.165, 1.54) is 38.4 Å². The fourth-order valence-electron chi connectivity index (χ4n) is 3.08. The largest absolute Gasteiger partial charge is 0.330 e. The van der Waals surface area contributed by atoms with Gasteiger partial charge in [0.25, 0.3) is 0 Å². The van der Waals surface area contributed by atoms with E-state index in [-0.39, 0.29) is 5.41 Å². The number of nitrogens with two attached hydrogens (primary N) is 1. The second kappa shape index (κ2) is 6.90. The van der Waals surface area contributed by atoms with E-state index in [1.54, 1.807) is 12.1 Å². The highest BCUT2D eigenvalue weighted by atomic mass is 32.2. The summed E-state index contributed by atoms with van der Waals surface area (Å²) in [5.41, 5.74) is 7.34. The van der Waals surface area contributed by atoms with Crippen LogP contribution in [0, 0.1) is 5.41 Å². The SMILES string of the molecule is CS(=O)(=O)c1ccc(CNCC2(CN)CCCCC2)cc1. The predicted molar refractivity (Wildman–Crippen MR) is 85.8 cm³/mol. The molecule has 0 unspecified atom stereocenters. The number of benzene rings is 1. The number of sulfone groups is 1. The van der Waals surface area contributed by atoms with E-state index in [4.69, 9.17) is 5.73 Å². The Morgan fingerprint density at radius 2 is 1.76 bits per heavy atom. The molecule has 0 amide bonds. The van der Waals surface area contributed by atoms with Crippen LogP contribution >= 0.6 is 0 Å². The Kier molecular flexibility index (Phi) is 5.41. The molecule has 0 bridgehead atoms. The molecule has 1 aliphatic rings. The van der Waals surface area contributed by atoms with Crippen molar-refractivity contribution in [3.8, 4) is 0 Å². The molecule has 1 aromatic carbocycles. The molecule has 0 aromatic heterocycles. The summed E-state index contributed by atoms with van der Waals surface area (Å²) >= 11 is 0. The summed E-state index contributed by atoms with van der Waals surface area (Å²) in [4.78, 5) is 0.372. The molecule has 0 spiro atoms. The predicted octanol–water partition coefficient (Wildman–Crippen LogP) is 2.09. The maximum Gasteiger partial charge on any atom is 0.175 e. The highest BCUT2D eigenvalue weighted by Gasteiger charge is 2.29. The van der Waals surface area contributed by atoms with E-state index in [9.17, 15) is 8.42 Å². The summed E-state index contributed by atoms with van der Waals surface area (Å²) in [5, 5.41) is 3.49. The van der Waals surface area contributed by atoms with Crippen molar-refractivity contribution >= 4 is 9.84 Å². The van der Waals surface area contributed by atoms with Crippen molar-refractivity contribution in [1.82, 2.24) is 5.32 Å². The minimum Gasteiger partial charge on any atom is -0.330 e. The quantitative estimate of drug-likeness (QED) is 0.844. The third-order valence-corrected chi connectivity index (χ3v) is 5.66. The Hall–Kier alpha value is -0.910. The smallest absolute Gasteiger partial charge is 0.175 e. The van der Waals surface area contributed by atoms with Crippen molar-refractivity contribution in [3.63, 3.8) is 0 Å². The third-order valence-electron chi connectivity index (χ3n) is 4.53. The van der Waals surface area contributed by atoms with Gasteiger partial charge in [0.2, 0.25) is 0 Å². The third kappa shape index (κ3) is 4.53. The molecular weight excluding hydrogens is 284 g/mol. The Bertz CT molecular complexity index is 546. The van der Waals surface area contributed by atoms with Gasteiger partial charge in [-0.1, -0.05) is 31.4 Å². The lowest BCUT2D eigenvalue weighted by atomic mass is 9.74. The van der Waals surface area contributed by atoms with Gasteiger partial charge >= 0.3 is 0 Å². The second-order valence-electron chi connectivity index (χ2n) is 6.28. The molecule has 1 saturated carbocycles. The molecule has 0 saturated heterocycles. The van der Waals surface area contributed by atoms with Gasteiger partial charge in [0.15, 0.2) is 9.84 Å². The zero-order valence-electron chi connectivity index (χ0n) is 12.8. The number of hydrogen-bond acceptors (Lipinski definition) is 4. The maximum absolute atomic E-state index is 11.4. The molecule has 0 atom stereocenters. The van der Waals surface area contributed by atoms with Gasteiger partial charge in [-0.3, -0.25) is 0 Å². The minimum absolute atomic E-state index is 0.255. The van der Waals surface area contributed by atoms with Gasteiger partial charge in [-0.2, -0.15) is 0 Å². The topological polar surface area (TPSA) is 72.2 Å². The van der Waals surface area contributed by atoms with E-state index in [1.807, 2.05) is 12.1 Å². The molecule has 118 valence electrons. The summed E-state index contributed by atoms with van der Waals surface area (Å²) in [6, 6.07) is 7.09. The summed E-state index contributed by atoms with van der Waals surface area (Å²) in [5.74, 6) is 0. The van der Waals surface area contributed by atoms with Crippen LogP contribution < -0.4 is 11.1 Å². The van der Waals surface area contributed by atoms with Crippen LogP contribution in [0.3, 0.4) is 0 Å². The molecule has 3 N–H and O–H groups in total. The van der Waals surface area contributed by atoms with Crippen LogP contribution in [0.15, 0.2) is 29.2 Å². The van der Waals surface area contributed by atoms with Crippen molar-refractivity contribution in [2.75, 3.05) is 19.3 Å². The van der Waals surface area contributed by atoms with Gasteiger partial charge in [0, 0.05) is 19.3 Å². The first-order valence-electron chi connectivity index (χ1n) is 7.65.